The molecule has 2 unspecified atom stereocenters. The third-order valence-corrected chi connectivity index (χ3v) is 3.40. The summed E-state index contributed by atoms with van der Waals surface area (Å²) in [6.07, 6.45) is 5.79. The summed E-state index contributed by atoms with van der Waals surface area (Å²) in [6, 6.07) is 0. The van der Waals surface area contributed by atoms with Gasteiger partial charge in [0.1, 0.15) is 0 Å². The van der Waals surface area contributed by atoms with E-state index < -0.39 is 0 Å². The summed E-state index contributed by atoms with van der Waals surface area (Å²) < 4.78 is 5.28. The van der Waals surface area contributed by atoms with Crippen LogP contribution in [0.1, 0.15) is 53.4 Å². The molecule has 0 radical (unpaired) electrons. The molecule has 0 fully saturated rings. The maximum absolute atomic E-state index is 11.5. The number of aliphatic hydroxyl groups excluding tert-OH is 1. The van der Waals surface area contributed by atoms with Crippen LogP contribution in [0.5, 0.6) is 0 Å². The second kappa shape index (κ2) is 10.1. The van der Waals surface area contributed by atoms with E-state index in [9.17, 15) is 9.90 Å². The SMILES string of the molecule is CC=C(C)C(=O)OCC(CC)CC(CO)CCC. The van der Waals surface area contributed by atoms with Crippen LogP contribution in [0.2, 0.25) is 0 Å². The molecule has 18 heavy (non-hydrogen) atoms. The zero-order valence-corrected chi connectivity index (χ0v) is 12.2. The van der Waals surface area contributed by atoms with Crippen LogP contribution < -0.4 is 0 Å². The molecule has 0 saturated carbocycles. The van der Waals surface area contributed by atoms with Gasteiger partial charge in [0, 0.05) is 12.2 Å². The number of esters is 1. The van der Waals surface area contributed by atoms with Crippen molar-refractivity contribution in [2.24, 2.45) is 11.8 Å². The van der Waals surface area contributed by atoms with Crippen molar-refractivity contribution >= 4 is 5.97 Å². The first kappa shape index (κ1) is 17.2. The highest BCUT2D eigenvalue weighted by Gasteiger charge is 2.16. The molecule has 0 aliphatic carbocycles. The monoisotopic (exact) mass is 256 g/mol. The number of carbonyl (C=O) groups excluding carboxylic acids is 1. The number of hydrogen-bond donors (Lipinski definition) is 1. The number of rotatable bonds is 9. The van der Waals surface area contributed by atoms with Crippen molar-refractivity contribution in [3.63, 3.8) is 0 Å². The van der Waals surface area contributed by atoms with Gasteiger partial charge in [-0.25, -0.2) is 4.79 Å². The van der Waals surface area contributed by atoms with E-state index in [1.807, 2.05) is 6.92 Å². The lowest BCUT2D eigenvalue weighted by Gasteiger charge is -2.20. The van der Waals surface area contributed by atoms with Crippen LogP contribution in [0.4, 0.5) is 0 Å². The number of aliphatic hydroxyl groups is 1. The Kier molecular flexibility index (Phi) is 9.66. The highest BCUT2D eigenvalue weighted by Crippen LogP contribution is 2.20. The van der Waals surface area contributed by atoms with Gasteiger partial charge >= 0.3 is 5.97 Å². The molecular weight excluding hydrogens is 228 g/mol. The van der Waals surface area contributed by atoms with Crippen LogP contribution in [-0.4, -0.2) is 24.3 Å². The van der Waals surface area contributed by atoms with Gasteiger partial charge in [-0.05, 0) is 38.5 Å². The van der Waals surface area contributed by atoms with Gasteiger partial charge in [-0.3, -0.25) is 0 Å². The predicted octanol–water partition coefficient (Wildman–Crippen LogP) is 3.32. The maximum atomic E-state index is 11.5. The molecule has 0 aromatic rings. The van der Waals surface area contributed by atoms with Gasteiger partial charge in [-0.15, -0.1) is 0 Å². The van der Waals surface area contributed by atoms with Gasteiger partial charge in [0.2, 0.25) is 0 Å². The second-order valence-electron chi connectivity index (χ2n) is 4.92. The van der Waals surface area contributed by atoms with Crippen LogP contribution in [-0.2, 0) is 9.53 Å². The Bertz CT molecular complexity index is 258. The van der Waals surface area contributed by atoms with Crippen LogP contribution in [0, 0.1) is 11.8 Å². The average molecular weight is 256 g/mol. The molecule has 0 rings (SSSR count). The lowest BCUT2D eigenvalue weighted by atomic mass is 9.90. The fourth-order valence-corrected chi connectivity index (χ4v) is 1.94. The maximum Gasteiger partial charge on any atom is 0.333 e. The van der Waals surface area contributed by atoms with E-state index in [0.29, 0.717) is 24.0 Å². The molecule has 3 heteroatoms. The molecule has 0 aromatic heterocycles. The largest absolute Gasteiger partial charge is 0.462 e. The number of carbonyl (C=O) groups is 1. The normalized spacial score (nSPS) is 15.3. The standard InChI is InChI=1S/C15H28O3/c1-5-8-14(10-16)9-13(7-3)11-18-15(17)12(4)6-2/h6,13-14,16H,5,7-11H2,1-4H3. The summed E-state index contributed by atoms with van der Waals surface area (Å²) in [5.74, 6) is 0.454. The van der Waals surface area contributed by atoms with Crippen molar-refractivity contribution in [3.8, 4) is 0 Å². The molecule has 1 N–H and O–H groups in total. The first-order valence-electron chi connectivity index (χ1n) is 6.99. The molecule has 0 aliphatic heterocycles. The van der Waals surface area contributed by atoms with E-state index >= 15 is 0 Å². The van der Waals surface area contributed by atoms with E-state index in [-0.39, 0.29) is 12.6 Å². The van der Waals surface area contributed by atoms with Gasteiger partial charge in [-0.2, -0.15) is 0 Å². The molecule has 0 spiro atoms. The molecule has 0 aliphatic rings. The predicted molar refractivity (Wildman–Crippen MR) is 74.3 cm³/mol. The molecule has 0 heterocycles. The summed E-state index contributed by atoms with van der Waals surface area (Å²) in [4.78, 5) is 11.5. The summed E-state index contributed by atoms with van der Waals surface area (Å²) in [5, 5.41) is 9.29. The Hall–Kier alpha value is -0.830. The van der Waals surface area contributed by atoms with Gasteiger partial charge in [-0.1, -0.05) is 32.8 Å². The minimum absolute atomic E-state index is 0.228. The summed E-state index contributed by atoms with van der Waals surface area (Å²) >= 11 is 0. The molecule has 106 valence electrons. The van der Waals surface area contributed by atoms with Crippen molar-refractivity contribution in [3.05, 3.63) is 11.6 Å². The highest BCUT2D eigenvalue weighted by atomic mass is 16.5. The van der Waals surface area contributed by atoms with E-state index in [4.69, 9.17) is 4.74 Å². The summed E-state index contributed by atoms with van der Waals surface area (Å²) in [6.45, 7) is 8.50. The van der Waals surface area contributed by atoms with Gasteiger partial charge in [0.15, 0.2) is 0 Å². The van der Waals surface area contributed by atoms with Gasteiger partial charge in [0.05, 0.1) is 6.61 Å². The van der Waals surface area contributed by atoms with E-state index in [1.54, 1.807) is 13.0 Å². The Morgan fingerprint density at radius 2 is 2.00 bits per heavy atom. The molecular formula is C15H28O3. The molecule has 0 aromatic carbocycles. The van der Waals surface area contributed by atoms with E-state index in [2.05, 4.69) is 13.8 Å². The smallest absolute Gasteiger partial charge is 0.333 e. The molecule has 2 atom stereocenters. The zero-order chi connectivity index (χ0) is 14.0. The number of allylic oxidation sites excluding steroid dienone is 1. The van der Waals surface area contributed by atoms with Crippen molar-refractivity contribution < 1.29 is 14.6 Å². The first-order chi connectivity index (χ1) is 8.58. The second-order valence-corrected chi connectivity index (χ2v) is 4.92. The van der Waals surface area contributed by atoms with E-state index in [0.717, 1.165) is 25.7 Å². The van der Waals surface area contributed by atoms with Crippen LogP contribution >= 0.6 is 0 Å². The molecule has 3 nitrogen and oxygen atoms in total. The fraction of sp³-hybridized carbons (Fsp3) is 0.800. The summed E-state index contributed by atoms with van der Waals surface area (Å²) in [7, 11) is 0. The minimum Gasteiger partial charge on any atom is -0.462 e. The average Bonchev–Trinajstić information content (AvgIpc) is 2.40. The van der Waals surface area contributed by atoms with Crippen molar-refractivity contribution in [2.75, 3.05) is 13.2 Å². The quantitative estimate of drug-likeness (QED) is 0.508. The van der Waals surface area contributed by atoms with Gasteiger partial charge in [0.25, 0.3) is 0 Å². The topological polar surface area (TPSA) is 46.5 Å². The number of hydrogen-bond acceptors (Lipinski definition) is 3. The van der Waals surface area contributed by atoms with Gasteiger partial charge < -0.3 is 9.84 Å². The van der Waals surface area contributed by atoms with Crippen LogP contribution in [0.15, 0.2) is 11.6 Å². The molecule has 0 amide bonds. The van der Waals surface area contributed by atoms with Crippen LogP contribution in [0.25, 0.3) is 0 Å². The lowest BCUT2D eigenvalue weighted by molar-refractivity contribution is -0.140. The third kappa shape index (κ3) is 6.80. The Balaban J connectivity index is 4.14. The lowest BCUT2D eigenvalue weighted by Crippen LogP contribution is -2.19. The van der Waals surface area contributed by atoms with E-state index in [1.165, 1.54) is 0 Å². The Labute approximate surface area is 111 Å². The van der Waals surface area contributed by atoms with Crippen molar-refractivity contribution in [2.45, 2.75) is 53.4 Å². The fourth-order valence-electron chi connectivity index (χ4n) is 1.94. The summed E-state index contributed by atoms with van der Waals surface area (Å²) in [5.41, 5.74) is 0.650. The first-order valence-corrected chi connectivity index (χ1v) is 6.99. The van der Waals surface area contributed by atoms with Crippen LogP contribution in [0.3, 0.4) is 0 Å². The third-order valence-electron chi connectivity index (χ3n) is 3.40. The molecule has 0 saturated heterocycles. The minimum atomic E-state index is -0.230. The Morgan fingerprint density at radius 3 is 2.44 bits per heavy atom. The van der Waals surface area contributed by atoms with Crippen molar-refractivity contribution in [1.29, 1.82) is 0 Å². The number of ether oxygens (including phenoxy) is 1. The van der Waals surface area contributed by atoms with Crippen molar-refractivity contribution in [1.82, 2.24) is 0 Å². The Morgan fingerprint density at radius 1 is 1.33 bits per heavy atom. The highest BCUT2D eigenvalue weighted by molar-refractivity contribution is 5.87. The molecule has 0 bridgehead atoms. The zero-order valence-electron chi connectivity index (χ0n) is 12.2.